The summed E-state index contributed by atoms with van der Waals surface area (Å²) in [6.07, 6.45) is 25.0. The number of esters is 2. The summed E-state index contributed by atoms with van der Waals surface area (Å²) < 4.78 is 11.4. The van der Waals surface area contributed by atoms with Crippen LogP contribution in [0.25, 0.3) is 0 Å². The number of nitrogens with one attached hydrogen (secondary N) is 4. The predicted octanol–water partition coefficient (Wildman–Crippen LogP) is 14.1. The molecule has 4 heterocycles. The molecule has 0 aliphatic carbocycles. The third kappa shape index (κ3) is 30.6. The van der Waals surface area contributed by atoms with Gasteiger partial charge in [-0.1, -0.05) is 77.0 Å². The Bertz CT molecular complexity index is 1810. The fourth-order valence-electron chi connectivity index (χ4n) is 15.4. The second kappa shape index (κ2) is 33.0. The molecule has 0 unspecified atom stereocenters. The summed E-state index contributed by atoms with van der Waals surface area (Å²) in [4.78, 5) is 69.0. The molecule has 0 saturated carbocycles. The van der Waals surface area contributed by atoms with Crippen molar-refractivity contribution in [2.75, 3.05) is 0 Å². The summed E-state index contributed by atoms with van der Waals surface area (Å²) in [5.41, 5.74) is -1.24. The molecule has 8 N–H and O–H groups in total. The van der Waals surface area contributed by atoms with Crippen molar-refractivity contribution in [3.05, 3.63) is 0 Å². The molecule has 0 aromatic rings. The molecule has 4 saturated heterocycles. The van der Waals surface area contributed by atoms with Crippen molar-refractivity contribution in [1.29, 1.82) is 0 Å². The van der Waals surface area contributed by atoms with Gasteiger partial charge in [-0.25, -0.2) is 0 Å². The average molecular weight is 1160 g/mol. The lowest BCUT2D eigenvalue weighted by atomic mass is 9.52. The number of ether oxygens (including phenoxy) is 2. The second-order valence-corrected chi connectivity index (χ2v) is 30.9. The van der Waals surface area contributed by atoms with Gasteiger partial charge in [-0.2, -0.15) is 0 Å². The molecule has 4 aliphatic rings. The maximum absolute atomic E-state index is 13.4. The highest BCUT2D eigenvalue weighted by atomic mass is 16.5. The molecule has 82 heavy (non-hydrogen) atoms. The summed E-state index contributed by atoms with van der Waals surface area (Å²) >= 11 is 0. The molecule has 0 radical (unpaired) electrons. The van der Waals surface area contributed by atoms with Crippen molar-refractivity contribution in [2.24, 2.45) is 17.3 Å². The normalized spacial score (nSPS) is 21.8. The van der Waals surface area contributed by atoms with Crippen LogP contribution in [0.2, 0.25) is 0 Å². The largest absolute Gasteiger partial charge is 0.481 e. The Balaban J connectivity index is 0.000000431. The van der Waals surface area contributed by atoms with Gasteiger partial charge in [0.1, 0.15) is 12.2 Å². The van der Waals surface area contributed by atoms with Crippen molar-refractivity contribution in [2.45, 2.75) is 366 Å². The standard InChI is InChI=1S/C28H52N2O4.2C19H35NO4/c1-24(2)16-20(17-25(3,4)29-24)28(23(33)34,15-13-11-9-10-12-14-22(31)32)21-18-26(5,6)30-27(7,8)19-21;2*1-18(2)13-15(14-19(3,4)20-18)24-17(23)12-10-8-6-5-7-9-11-16(21)22/h20-21,29-30H,9-19H2,1-8H3,(H,31,32)(H,33,34);2*15,20H,5-14H2,1-4H3,(H,21,22). The molecule has 4 aliphatic heterocycles. The zero-order valence-electron chi connectivity index (χ0n) is 54.8. The smallest absolute Gasteiger partial charge is 0.310 e. The molecule has 0 bridgehead atoms. The molecule has 4 rings (SSSR count). The van der Waals surface area contributed by atoms with E-state index in [1.54, 1.807) is 0 Å². The number of hydrogen-bond donors (Lipinski definition) is 8. The fraction of sp³-hybridized carbons (Fsp3) is 0.909. The zero-order chi connectivity index (χ0) is 62.4. The van der Waals surface area contributed by atoms with Crippen LogP contribution >= 0.6 is 0 Å². The molecule has 0 aromatic heterocycles. The topological polar surface area (TPSA) is 250 Å². The second-order valence-electron chi connectivity index (χ2n) is 30.9. The molecule has 0 atom stereocenters. The van der Waals surface area contributed by atoms with Gasteiger partial charge >= 0.3 is 35.8 Å². The van der Waals surface area contributed by atoms with Gasteiger partial charge in [0.25, 0.3) is 0 Å². The first-order chi connectivity index (χ1) is 37.6. The van der Waals surface area contributed by atoms with Crippen LogP contribution in [0.3, 0.4) is 0 Å². The van der Waals surface area contributed by atoms with Crippen LogP contribution in [0.4, 0.5) is 0 Å². The van der Waals surface area contributed by atoms with E-state index in [1.807, 2.05) is 0 Å². The van der Waals surface area contributed by atoms with Crippen LogP contribution in [0.15, 0.2) is 0 Å². The van der Waals surface area contributed by atoms with Gasteiger partial charge in [-0.05, 0) is 187 Å². The number of carboxylic acids is 4. The number of carbonyl (C=O) groups is 6. The molecule has 0 aromatic carbocycles. The summed E-state index contributed by atoms with van der Waals surface area (Å²) in [7, 11) is 0. The van der Waals surface area contributed by atoms with Gasteiger partial charge in [0.2, 0.25) is 0 Å². The van der Waals surface area contributed by atoms with E-state index in [2.05, 4.69) is 132 Å². The first kappa shape index (κ1) is 74.8. The Morgan fingerprint density at radius 1 is 0.329 bits per heavy atom. The number of unbranched alkanes of at least 4 members (excludes halogenated alkanes) is 14. The summed E-state index contributed by atoms with van der Waals surface area (Å²) in [6, 6.07) is 0. The van der Waals surface area contributed by atoms with E-state index in [1.165, 1.54) is 0 Å². The van der Waals surface area contributed by atoms with Crippen LogP contribution in [0.5, 0.6) is 0 Å². The Morgan fingerprint density at radius 2 is 0.537 bits per heavy atom. The SMILES string of the molecule is CC1(C)CC(C(CCCCCCCC(=O)O)(C(=O)O)C2CC(C)(C)NC(C)(C)C2)CC(C)(C)N1.CC1(C)CC(OC(=O)CCCCCCCCC(=O)O)CC(C)(C)N1.CC1(C)CC(OC(=O)CCCCCCCCC(=O)O)CC(C)(C)N1. The van der Waals surface area contributed by atoms with E-state index in [-0.39, 0.29) is 99.6 Å². The third-order valence-electron chi connectivity index (χ3n) is 17.2. The lowest BCUT2D eigenvalue weighted by Gasteiger charge is -2.57. The number of hydrogen-bond acceptors (Lipinski definition) is 12. The lowest BCUT2D eigenvalue weighted by Crippen LogP contribution is -2.65. The summed E-state index contributed by atoms with van der Waals surface area (Å²) in [5, 5.41) is 51.7. The first-order valence-corrected chi connectivity index (χ1v) is 32.0. The maximum atomic E-state index is 13.4. The van der Waals surface area contributed by atoms with Crippen molar-refractivity contribution in [1.82, 2.24) is 21.3 Å². The Morgan fingerprint density at radius 3 is 0.768 bits per heavy atom. The Labute approximate surface area is 497 Å². The van der Waals surface area contributed by atoms with Crippen LogP contribution in [0, 0.1) is 17.3 Å². The average Bonchev–Trinajstić information content (AvgIpc) is 2.06. The number of carbonyl (C=O) groups excluding carboxylic acids is 2. The first-order valence-electron chi connectivity index (χ1n) is 32.0. The lowest BCUT2D eigenvalue weighted by molar-refractivity contribution is -0.166. The van der Waals surface area contributed by atoms with Crippen molar-refractivity contribution >= 4 is 35.8 Å². The van der Waals surface area contributed by atoms with Gasteiger partial charge < -0.3 is 51.2 Å². The third-order valence-corrected chi connectivity index (χ3v) is 17.2. The number of aliphatic carboxylic acids is 4. The quantitative estimate of drug-likeness (QED) is 0.0237. The van der Waals surface area contributed by atoms with Crippen LogP contribution in [0.1, 0.15) is 310 Å². The molecule has 16 nitrogen and oxygen atoms in total. The summed E-state index contributed by atoms with van der Waals surface area (Å²) in [5.74, 6) is -2.74. The highest BCUT2D eigenvalue weighted by Crippen LogP contribution is 2.55. The van der Waals surface area contributed by atoms with Crippen LogP contribution < -0.4 is 21.3 Å². The molecular formula is C66H122N4O12. The predicted molar refractivity (Wildman–Crippen MR) is 328 cm³/mol. The monoisotopic (exact) mass is 1160 g/mol. The van der Waals surface area contributed by atoms with E-state index in [0.717, 1.165) is 154 Å². The number of piperidine rings is 4. The van der Waals surface area contributed by atoms with Crippen molar-refractivity contribution in [3.63, 3.8) is 0 Å². The molecule has 16 heteroatoms. The molecule has 4 fully saturated rings. The fourth-order valence-corrected chi connectivity index (χ4v) is 15.4. The summed E-state index contributed by atoms with van der Waals surface area (Å²) in [6.45, 7) is 34.9. The van der Waals surface area contributed by atoms with Crippen LogP contribution in [-0.4, -0.2) is 113 Å². The van der Waals surface area contributed by atoms with E-state index >= 15 is 0 Å². The Kier molecular flexibility index (Phi) is 30.1. The molecule has 478 valence electrons. The maximum Gasteiger partial charge on any atom is 0.310 e. The van der Waals surface area contributed by atoms with Crippen LogP contribution in [-0.2, 0) is 38.2 Å². The molecular weight excluding hydrogens is 1040 g/mol. The molecule has 0 amide bonds. The minimum Gasteiger partial charge on any atom is -0.481 e. The Hall–Kier alpha value is -3.34. The van der Waals surface area contributed by atoms with Gasteiger partial charge in [-0.15, -0.1) is 0 Å². The number of carboxylic acid groups (broad SMARTS) is 4. The number of rotatable bonds is 31. The highest BCUT2D eigenvalue weighted by Gasteiger charge is 2.58. The zero-order valence-corrected chi connectivity index (χ0v) is 54.8. The van der Waals surface area contributed by atoms with Gasteiger partial charge in [0.15, 0.2) is 0 Å². The van der Waals surface area contributed by atoms with Crippen molar-refractivity contribution < 1.29 is 58.7 Å². The minimum atomic E-state index is -0.756. The van der Waals surface area contributed by atoms with Gasteiger partial charge in [0.05, 0.1) is 5.41 Å². The highest BCUT2D eigenvalue weighted by molar-refractivity contribution is 5.76. The minimum absolute atomic E-state index is 0.000214. The van der Waals surface area contributed by atoms with E-state index in [0.29, 0.717) is 25.7 Å². The van der Waals surface area contributed by atoms with E-state index < -0.39 is 29.3 Å². The van der Waals surface area contributed by atoms with Crippen molar-refractivity contribution in [3.8, 4) is 0 Å². The van der Waals surface area contributed by atoms with Gasteiger partial charge in [0, 0.05) is 102 Å². The van der Waals surface area contributed by atoms with Gasteiger partial charge in [-0.3, -0.25) is 28.8 Å². The molecule has 0 spiro atoms. The van der Waals surface area contributed by atoms with E-state index in [4.69, 9.17) is 24.8 Å². The van der Waals surface area contributed by atoms with E-state index in [9.17, 15) is 33.9 Å².